The second-order valence-corrected chi connectivity index (χ2v) is 7.12. The number of hydrogen-bond donors (Lipinski definition) is 1. The molecular weight excluding hydrogens is 364 g/mol. The summed E-state index contributed by atoms with van der Waals surface area (Å²) in [6.45, 7) is 2.09. The first-order chi connectivity index (χ1) is 14.2. The minimum Gasteiger partial charge on any atom is -0.497 e. The summed E-state index contributed by atoms with van der Waals surface area (Å²) in [6.07, 6.45) is 2.72. The Labute approximate surface area is 170 Å². The second kappa shape index (κ2) is 8.73. The molecule has 1 aliphatic heterocycles. The van der Waals surface area contributed by atoms with Crippen LogP contribution in [0.3, 0.4) is 0 Å². The molecule has 2 heterocycles. The first-order valence-corrected chi connectivity index (χ1v) is 9.83. The Morgan fingerprint density at radius 3 is 2.52 bits per heavy atom. The molecule has 0 bridgehead atoms. The monoisotopic (exact) mass is 388 g/mol. The number of aromatic nitrogens is 2. The predicted octanol–water partition coefficient (Wildman–Crippen LogP) is 3.93. The highest BCUT2D eigenvalue weighted by Crippen LogP contribution is 2.23. The third-order valence-electron chi connectivity index (χ3n) is 5.05. The van der Waals surface area contributed by atoms with Crippen molar-refractivity contribution in [3.05, 3.63) is 66.2 Å². The number of nitrogens with zero attached hydrogens (tertiary/aromatic N) is 3. The van der Waals surface area contributed by atoms with Gasteiger partial charge in [-0.2, -0.15) is 0 Å². The number of carbonyl (C=O) groups excluding carboxylic acids is 1. The number of ether oxygens (including phenoxy) is 1. The fraction of sp³-hybridized carbons (Fsp3) is 0.261. The van der Waals surface area contributed by atoms with Gasteiger partial charge in [0.1, 0.15) is 5.75 Å². The summed E-state index contributed by atoms with van der Waals surface area (Å²) in [4.78, 5) is 14.7. The summed E-state index contributed by atoms with van der Waals surface area (Å²) < 4.78 is 5.15. The van der Waals surface area contributed by atoms with Crippen LogP contribution in [0.15, 0.2) is 60.7 Å². The van der Waals surface area contributed by atoms with Gasteiger partial charge in [0.2, 0.25) is 5.91 Å². The average molecular weight is 388 g/mol. The summed E-state index contributed by atoms with van der Waals surface area (Å²) in [5.74, 6) is 1.64. The molecule has 1 amide bonds. The quantitative estimate of drug-likeness (QED) is 0.693. The van der Waals surface area contributed by atoms with Gasteiger partial charge in [0.05, 0.1) is 19.2 Å². The normalized spacial score (nSPS) is 13.3. The lowest BCUT2D eigenvalue weighted by Crippen LogP contribution is -2.19. The van der Waals surface area contributed by atoms with Gasteiger partial charge >= 0.3 is 0 Å². The summed E-state index contributed by atoms with van der Waals surface area (Å²) in [6, 6.07) is 19.2. The number of carbonyl (C=O) groups is 1. The second-order valence-electron chi connectivity index (χ2n) is 7.12. The summed E-state index contributed by atoms with van der Waals surface area (Å²) >= 11 is 0. The number of rotatable bonds is 6. The molecule has 4 rings (SSSR count). The van der Waals surface area contributed by atoms with E-state index in [2.05, 4.69) is 20.4 Å². The van der Waals surface area contributed by atoms with Crippen molar-refractivity contribution in [1.29, 1.82) is 0 Å². The molecule has 0 unspecified atom stereocenters. The zero-order chi connectivity index (χ0) is 20.1. The molecule has 1 fully saturated rings. The van der Waals surface area contributed by atoms with Crippen molar-refractivity contribution in [3.8, 4) is 17.0 Å². The first-order valence-electron chi connectivity index (χ1n) is 9.83. The predicted molar refractivity (Wildman–Crippen MR) is 114 cm³/mol. The summed E-state index contributed by atoms with van der Waals surface area (Å²) in [7, 11) is 1.62. The van der Waals surface area contributed by atoms with Crippen LogP contribution in [-0.4, -0.2) is 36.3 Å². The first kappa shape index (κ1) is 18.9. The van der Waals surface area contributed by atoms with Crippen molar-refractivity contribution in [2.75, 3.05) is 30.4 Å². The Bertz CT molecular complexity index is 965. The molecule has 6 nitrogen and oxygen atoms in total. The lowest BCUT2D eigenvalue weighted by Gasteiger charge is -2.15. The number of hydrogen-bond acceptors (Lipinski definition) is 5. The Morgan fingerprint density at radius 1 is 1.03 bits per heavy atom. The number of benzene rings is 2. The molecule has 1 aliphatic rings. The highest BCUT2D eigenvalue weighted by Gasteiger charge is 2.14. The molecule has 0 radical (unpaired) electrons. The molecule has 0 saturated carbocycles. The highest BCUT2D eigenvalue weighted by atomic mass is 16.5. The molecule has 29 heavy (non-hydrogen) atoms. The van der Waals surface area contributed by atoms with E-state index in [1.165, 1.54) is 12.8 Å². The zero-order valence-electron chi connectivity index (χ0n) is 16.5. The minimum absolute atomic E-state index is 0.0669. The topological polar surface area (TPSA) is 67.3 Å². The van der Waals surface area contributed by atoms with E-state index in [0.29, 0.717) is 6.42 Å². The van der Waals surface area contributed by atoms with Gasteiger partial charge in [0, 0.05) is 24.3 Å². The lowest BCUT2D eigenvalue weighted by atomic mass is 10.1. The number of methoxy groups -OCH3 is 1. The SMILES string of the molecule is COc1ccc(CC(=O)Nc2cccc(-c3ccc(N4CCCC4)nn3)c2)cc1. The number of amides is 1. The Balaban J connectivity index is 1.41. The smallest absolute Gasteiger partial charge is 0.228 e. The lowest BCUT2D eigenvalue weighted by molar-refractivity contribution is -0.115. The highest BCUT2D eigenvalue weighted by molar-refractivity contribution is 5.92. The Kier molecular flexibility index (Phi) is 5.70. The maximum atomic E-state index is 12.4. The van der Waals surface area contributed by atoms with E-state index in [4.69, 9.17) is 4.74 Å². The molecule has 0 atom stereocenters. The summed E-state index contributed by atoms with van der Waals surface area (Å²) in [5.41, 5.74) is 3.39. The van der Waals surface area contributed by atoms with Crippen molar-refractivity contribution >= 4 is 17.4 Å². The van der Waals surface area contributed by atoms with Gasteiger partial charge in [-0.25, -0.2) is 0 Å². The zero-order valence-corrected chi connectivity index (χ0v) is 16.5. The number of nitrogens with one attached hydrogen (secondary N) is 1. The molecule has 1 aromatic heterocycles. The van der Waals surface area contributed by atoms with Crippen LogP contribution in [0.25, 0.3) is 11.3 Å². The van der Waals surface area contributed by atoms with Gasteiger partial charge in [-0.3, -0.25) is 4.79 Å². The molecule has 6 heteroatoms. The van der Waals surface area contributed by atoms with E-state index in [-0.39, 0.29) is 5.91 Å². The van der Waals surface area contributed by atoms with Crippen LogP contribution in [0.2, 0.25) is 0 Å². The van der Waals surface area contributed by atoms with Crippen molar-refractivity contribution < 1.29 is 9.53 Å². The minimum atomic E-state index is -0.0669. The number of anilines is 2. The van der Waals surface area contributed by atoms with Crippen LogP contribution in [0, 0.1) is 0 Å². The average Bonchev–Trinajstić information content (AvgIpc) is 3.29. The van der Waals surface area contributed by atoms with Crippen LogP contribution < -0.4 is 15.0 Å². The Morgan fingerprint density at radius 2 is 1.83 bits per heavy atom. The maximum absolute atomic E-state index is 12.4. The van der Waals surface area contributed by atoms with Gasteiger partial charge < -0.3 is 15.0 Å². The van der Waals surface area contributed by atoms with Crippen molar-refractivity contribution in [2.24, 2.45) is 0 Å². The molecular formula is C23H24N4O2. The van der Waals surface area contributed by atoms with E-state index >= 15 is 0 Å². The van der Waals surface area contributed by atoms with E-state index in [9.17, 15) is 4.79 Å². The molecule has 1 N–H and O–H groups in total. The maximum Gasteiger partial charge on any atom is 0.228 e. The van der Waals surface area contributed by atoms with Crippen molar-refractivity contribution in [2.45, 2.75) is 19.3 Å². The molecule has 3 aromatic rings. The molecule has 0 aliphatic carbocycles. The van der Waals surface area contributed by atoms with Gasteiger partial charge in [-0.1, -0.05) is 24.3 Å². The molecule has 1 saturated heterocycles. The van der Waals surface area contributed by atoms with Crippen molar-refractivity contribution in [1.82, 2.24) is 10.2 Å². The van der Waals surface area contributed by atoms with Crippen LogP contribution in [0.1, 0.15) is 18.4 Å². The van der Waals surface area contributed by atoms with Gasteiger partial charge in [0.15, 0.2) is 5.82 Å². The van der Waals surface area contributed by atoms with Crippen molar-refractivity contribution in [3.63, 3.8) is 0 Å². The third kappa shape index (κ3) is 4.71. The Hall–Kier alpha value is -3.41. The van der Waals surface area contributed by atoms with Crippen LogP contribution in [-0.2, 0) is 11.2 Å². The largest absolute Gasteiger partial charge is 0.497 e. The fourth-order valence-electron chi connectivity index (χ4n) is 3.48. The van der Waals surface area contributed by atoms with Crippen LogP contribution >= 0.6 is 0 Å². The van der Waals surface area contributed by atoms with Gasteiger partial charge in [-0.05, 0) is 54.8 Å². The molecule has 0 spiro atoms. The fourth-order valence-corrected chi connectivity index (χ4v) is 3.48. The standard InChI is InChI=1S/C23H24N4O2/c1-29-20-9-7-17(8-10-20)15-23(28)24-19-6-4-5-18(16-19)21-11-12-22(26-25-21)27-13-2-3-14-27/h4-12,16H,2-3,13-15H2,1H3,(H,24,28). The van der Waals surface area contributed by atoms with Gasteiger partial charge in [-0.15, -0.1) is 10.2 Å². The summed E-state index contributed by atoms with van der Waals surface area (Å²) in [5, 5.41) is 11.7. The van der Waals surface area contributed by atoms with Gasteiger partial charge in [0.25, 0.3) is 0 Å². The van der Waals surface area contributed by atoms with Crippen LogP contribution in [0.4, 0.5) is 11.5 Å². The van der Waals surface area contributed by atoms with E-state index in [1.54, 1.807) is 7.11 Å². The molecule has 2 aromatic carbocycles. The van der Waals surface area contributed by atoms with Crippen LogP contribution in [0.5, 0.6) is 5.75 Å². The van der Waals surface area contributed by atoms with E-state index in [0.717, 1.165) is 47.2 Å². The van der Waals surface area contributed by atoms with E-state index < -0.39 is 0 Å². The molecule has 148 valence electrons. The third-order valence-corrected chi connectivity index (χ3v) is 5.05. The van der Waals surface area contributed by atoms with E-state index in [1.807, 2.05) is 60.7 Å².